The molecule has 0 saturated carbocycles. The van der Waals surface area contributed by atoms with Gasteiger partial charge in [0, 0.05) is 19.3 Å². The Hall–Kier alpha value is -1.62. The maximum absolute atomic E-state index is 12.0. The third-order valence-corrected chi connectivity index (χ3v) is 2.79. The third kappa shape index (κ3) is 2.14. The van der Waals surface area contributed by atoms with Crippen LogP contribution in [0.25, 0.3) is 0 Å². The van der Waals surface area contributed by atoms with Gasteiger partial charge in [-0.1, -0.05) is 0 Å². The highest BCUT2D eigenvalue weighted by molar-refractivity contribution is 5.97. The Labute approximate surface area is 93.9 Å². The third-order valence-electron chi connectivity index (χ3n) is 2.79. The number of rotatable bonds is 1. The lowest BCUT2D eigenvalue weighted by Crippen LogP contribution is -2.40. The van der Waals surface area contributed by atoms with Gasteiger partial charge in [-0.2, -0.15) is 0 Å². The molecule has 0 unspecified atom stereocenters. The normalized spacial score (nSPS) is 17.4. The predicted octanol–water partition coefficient (Wildman–Crippen LogP) is 0.261. The van der Waals surface area contributed by atoms with E-state index in [1.54, 1.807) is 23.2 Å². The number of hydrogen-bond donors (Lipinski definition) is 2. The van der Waals surface area contributed by atoms with Crippen molar-refractivity contribution in [3.05, 3.63) is 24.0 Å². The van der Waals surface area contributed by atoms with Gasteiger partial charge in [0.25, 0.3) is 5.91 Å². The lowest BCUT2D eigenvalue weighted by molar-refractivity contribution is 0.0542. The molecule has 86 valence electrons. The first-order valence-electron chi connectivity index (χ1n) is 5.36. The summed E-state index contributed by atoms with van der Waals surface area (Å²) < 4.78 is 0. The number of amides is 1. The Balaban J connectivity index is 2.11. The molecule has 1 aromatic heterocycles. The number of aliphatic hydroxyl groups is 1. The van der Waals surface area contributed by atoms with Crippen molar-refractivity contribution >= 4 is 11.6 Å². The number of aromatic nitrogens is 1. The summed E-state index contributed by atoms with van der Waals surface area (Å²) in [5, 5.41) is 9.36. The van der Waals surface area contributed by atoms with Gasteiger partial charge in [-0.3, -0.25) is 4.79 Å². The summed E-state index contributed by atoms with van der Waals surface area (Å²) in [6, 6.07) is 3.37. The van der Waals surface area contributed by atoms with E-state index in [0.29, 0.717) is 37.3 Å². The Morgan fingerprint density at radius 3 is 2.81 bits per heavy atom. The lowest BCUT2D eigenvalue weighted by atomic mass is 10.1. The summed E-state index contributed by atoms with van der Waals surface area (Å²) >= 11 is 0. The van der Waals surface area contributed by atoms with E-state index in [1.807, 2.05) is 0 Å². The Morgan fingerprint density at radius 1 is 1.50 bits per heavy atom. The predicted molar refractivity (Wildman–Crippen MR) is 59.8 cm³/mol. The molecular formula is C11H15N3O2. The quantitative estimate of drug-likeness (QED) is 0.713. The molecule has 3 N–H and O–H groups in total. The molecule has 0 radical (unpaired) electrons. The van der Waals surface area contributed by atoms with E-state index in [0.717, 1.165) is 0 Å². The Morgan fingerprint density at radius 2 is 2.19 bits per heavy atom. The van der Waals surface area contributed by atoms with Crippen LogP contribution in [-0.4, -0.2) is 40.1 Å². The van der Waals surface area contributed by atoms with Gasteiger partial charge < -0.3 is 15.7 Å². The molecule has 0 aromatic carbocycles. The number of pyridine rings is 1. The minimum absolute atomic E-state index is 0.148. The summed E-state index contributed by atoms with van der Waals surface area (Å²) in [6.45, 7) is 1.13. The molecule has 2 rings (SSSR count). The van der Waals surface area contributed by atoms with Gasteiger partial charge in [0.1, 0.15) is 0 Å². The van der Waals surface area contributed by atoms with Gasteiger partial charge in [-0.05, 0) is 25.0 Å². The van der Waals surface area contributed by atoms with Crippen LogP contribution < -0.4 is 5.73 Å². The minimum Gasteiger partial charge on any atom is -0.397 e. The second-order valence-electron chi connectivity index (χ2n) is 3.96. The fourth-order valence-electron chi connectivity index (χ4n) is 1.82. The number of nitrogens with zero attached hydrogens (tertiary/aromatic N) is 2. The zero-order valence-electron chi connectivity index (χ0n) is 8.97. The molecule has 5 heteroatoms. The maximum atomic E-state index is 12.0. The van der Waals surface area contributed by atoms with Crippen LogP contribution in [0.2, 0.25) is 0 Å². The van der Waals surface area contributed by atoms with Gasteiger partial charge >= 0.3 is 0 Å². The highest BCUT2D eigenvalue weighted by atomic mass is 16.3. The highest BCUT2D eigenvalue weighted by Crippen LogP contribution is 2.15. The number of nitrogen functional groups attached to an aromatic ring is 1. The van der Waals surface area contributed by atoms with Crippen LogP contribution in [0.5, 0.6) is 0 Å². The van der Waals surface area contributed by atoms with Crippen LogP contribution in [0.4, 0.5) is 5.69 Å². The first-order valence-corrected chi connectivity index (χ1v) is 5.36. The molecule has 0 aliphatic carbocycles. The van der Waals surface area contributed by atoms with Crippen molar-refractivity contribution in [2.24, 2.45) is 0 Å². The van der Waals surface area contributed by atoms with Crippen molar-refractivity contribution < 1.29 is 9.90 Å². The average Bonchev–Trinajstić information content (AvgIpc) is 2.30. The van der Waals surface area contributed by atoms with Crippen LogP contribution in [0, 0.1) is 0 Å². The smallest absolute Gasteiger partial charge is 0.274 e. The van der Waals surface area contributed by atoms with E-state index >= 15 is 0 Å². The molecule has 5 nitrogen and oxygen atoms in total. The van der Waals surface area contributed by atoms with E-state index in [2.05, 4.69) is 4.98 Å². The number of aliphatic hydroxyl groups excluding tert-OH is 1. The maximum Gasteiger partial charge on any atom is 0.274 e. The second kappa shape index (κ2) is 4.49. The number of nitrogens with two attached hydrogens (primary N) is 1. The topological polar surface area (TPSA) is 79.5 Å². The number of piperidine rings is 1. The lowest BCUT2D eigenvalue weighted by Gasteiger charge is -2.29. The van der Waals surface area contributed by atoms with E-state index < -0.39 is 0 Å². The van der Waals surface area contributed by atoms with Crippen molar-refractivity contribution in [1.82, 2.24) is 9.88 Å². The SMILES string of the molecule is Nc1cccnc1C(=O)N1CCC(O)CC1. The molecule has 16 heavy (non-hydrogen) atoms. The van der Waals surface area contributed by atoms with Gasteiger partial charge in [-0.25, -0.2) is 4.98 Å². The van der Waals surface area contributed by atoms with Gasteiger partial charge in [-0.15, -0.1) is 0 Å². The molecule has 1 aliphatic rings. The van der Waals surface area contributed by atoms with E-state index in [1.165, 1.54) is 0 Å². The molecule has 1 fully saturated rings. The van der Waals surface area contributed by atoms with Crippen molar-refractivity contribution in [1.29, 1.82) is 0 Å². The summed E-state index contributed by atoms with van der Waals surface area (Å²) in [5.41, 5.74) is 6.40. The van der Waals surface area contributed by atoms with Gasteiger partial charge in [0.15, 0.2) is 5.69 Å². The number of anilines is 1. The second-order valence-corrected chi connectivity index (χ2v) is 3.96. The molecule has 1 saturated heterocycles. The van der Waals surface area contributed by atoms with E-state index in [9.17, 15) is 9.90 Å². The van der Waals surface area contributed by atoms with Gasteiger partial charge in [0.2, 0.25) is 0 Å². The molecule has 0 atom stereocenters. The van der Waals surface area contributed by atoms with E-state index in [-0.39, 0.29) is 12.0 Å². The monoisotopic (exact) mass is 221 g/mol. The Bertz CT molecular complexity index is 387. The fourth-order valence-corrected chi connectivity index (χ4v) is 1.82. The van der Waals surface area contributed by atoms with Crippen LogP contribution in [0.1, 0.15) is 23.3 Å². The molecule has 0 spiro atoms. The number of hydrogen-bond acceptors (Lipinski definition) is 4. The molecule has 1 aliphatic heterocycles. The zero-order chi connectivity index (χ0) is 11.5. The standard InChI is InChI=1S/C11H15N3O2/c12-9-2-1-5-13-10(9)11(16)14-6-3-8(15)4-7-14/h1-2,5,8,15H,3-4,6-7,12H2. The first-order chi connectivity index (χ1) is 7.68. The number of likely N-dealkylation sites (tertiary alicyclic amines) is 1. The molecule has 0 bridgehead atoms. The van der Waals surface area contributed by atoms with Crippen molar-refractivity contribution in [2.75, 3.05) is 18.8 Å². The number of carbonyl (C=O) groups is 1. The van der Waals surface area contributed by atoms with Crippen LogP contribution in [0.3, 0.4) is 0 Å². The number of carbonyl (C=O) groups excluding carboxylic acids is 1. The van der Waals surface area contributed by atoms with Crippen LogP contribution in [0.15, 0.2) is 18.3 Å². The van der Waals surface area contributed by atoms with Crippen molar-refractivity contribution in [3.63, 3.8) is 0 Å². The molecule has 1 aromatic rings. The molecule has 1 amide bonds. The fraction of sp³-hybridized carbons (Fsp3) is 0.455. The molecular weight excluding hydrogens is 206 g/mol. The minimum atomic E-state index is -0.287. The molecule has 2 heterocycles. The summed E-state index contributed by atoms with van der Waals surface area (Å²) in [4.78, 5) is 17.7. The largest absolute Gasteiger partial charge is 0.397 e. The van der Waals surface area contributed by atoms with Gasteiger partial charge in [0.05, 0.1) is 11.8 Å². The summed E-state index contributed by atoms with van der Waals surface area (Å²) in [5.74, 6) is -0.148. The van der Waals surface area contributed by atoms with Crippen LogP contribution >= 0.6 is 0 Å². The first kappa shape index (κ1) is 10.9. The van der Waals surface area contributed by atoms with Crippen molar-refractivity contribution in [2.45, 2.75) is 18.9 Å². The zero-order valence-corrected chi connectivity index (χ0v) is 8.97. The average molecular weight is 221 g/mol. The summed E-state index contributed by atoms with van der Waals surface area (Å²) in [7, 11) is 0. The van der Waals surface area contributed by atoms with E-state index in [4.69, 9.17) is 5.73 Å². The van der Waals surface area contributed by atoms with Crippen molar-refractivity contribution in [3.8, 4) is 0 Å². The summed E-state index contributed by atoms with van der Waals surface area (Å²) in [6.07, 6.45) is 2.52. The Kier molecular flexibility index (Phi) is 3.05. The van der Waals surface area contributed by atoms with Crippen LogP contribution in [-0.2, 0) is 0 Å². The highest BCUT2D eigenvalue weighted by Gasteiger charge is 2.24.